The molecule has 0 atom stereocenters. The maximum atomic E-state index is 11.4. The van der Waals surface area contributed by atoms with Crippen molar-refractivity contribution < 1.29 is 23.6 Å². The molecule has 0 bridgehead atoms. The highest BCUT2D eigenvalue weighted by molar-refractivity contribution is 7.46. The molecule has 11 heteroatoms. The number of pyridine rings is 1. The first-order valence-electron chi connectivity index (χ1n) is 14.9. The Morgan fingerprint density at radius 3 is 2.40 bits per heavy atom. The smallest absolute Gasteiger partial charge is 0.404 e. The molecule has 0 radical (unpaired) electrons. The number of nitrogens with zero attached hydrogens (tertiary/aromatic N) is 3. The zero-order valence-electron chi connectivity index (χ0n) is 26.2. The van der Waals surface area contributed by atoms with E-state index in [2.05, 4.69) is 43.5 Å². The molecule has 0 aliphatic heterocycles. The minimum Gasteiger partial charge on any atom is -0.404 e. The van der Waals surface area contributed by atoms with Gasteiger partial charge in [0.2, 0.25) is 0 Å². The van der Waals surface area contributed by atoms with Crippen LogP contribution in [0.2, 0.25) is 0 Å². The Labute approximate surface area is 254 Å². The molecule has 0 saturated carbocycles. The molecule has 10 nitrogen and oxygen atoms in total. The van der Waals surface area contributed by atoms with Crippen LogP contribution in [0.5, 0.6) is 5.75 Å². The number of imidazole rings is 1. The lowest BCUT2D eigenvalue weighted by Crippen LogP contribution is -2.33. The van der Waals surface area contributed by atoms with Gasteiger partial charge in [-0.2, -0.15) is 0 Å². The summed E-state index contributed by atoms with van der Waals surface area (Å²) < 4.78 is 24.3. The Kier molecular flexibility index (Phi) is 9.89. The number of unbranched alkanes of at least 4 members (excludes halogenated alkanes) is 1. The molecule has 0 aliphatic rings. The van der Waals surface area contributed by atoms with Crippen molar-refractivity contribution in [2.75, 3.05) is 18.9 Å². The monoisotopic (exact) mass is 611 g/mol. The summed E-state index contributed by atoms with van der Waals surface area (Å²) in [5, 5.41) is 0.971. The highest BCUT2D eigenvalue weighted by Gasteiger charge is 2.24. The van der Waals surface area contributed by atoms with Gasteiger partial charge in [-0.25, -0.2) is 14.5 Å². The first kappa shape index (κ1) is 32.9. The molecule has 43 heavy (non-hydrogen) atoms. The average molecular weight is 612 g/mol. The van der Waals surface area contributed by atoms with Gasteiger partial charge in [-0.3, -0.25) is 9.79 Å². The summed E-state index contributed by atoms with van der Waals surface area (Å²) in [6.45, 7) is 14.1. The maximum absolute atomic E-state index is 11.4. The molecule has 0 spiro atoms. The summed E-state index contributed by atoms with van der Waals surface area (Å²) in [5.74, 6) is 1.47. The second-order valence-electron chi connectivity index (χ2n) is 12.8. The lowest BCUT2D eigenvalue weighted by Gasteiger charge is -2.26. The van der Waals surface area contributed by atoms with Crippen LogP contribution in [0.25, 0.3) is 21.9 Å². The predicted molar refractivity (Wildman–Crippen MR) is 172 cm³/mol. The zero-order valence-corrected chi connectivity index (χ0v) is 27.1. The van der Waals surface area contributed by atoms with Gasteiger partial charge in [-0.15, -0.1) is 0 Å². The van der Waals surface area contributed by atoms with Gasteiger partial charge in [0.05, 0.1) is 11.0 Å². The molecular weight excluding hydrogens is 565 g/mol. The molecular formula is C32H46N5O5P. The van der Waals surface area contributed by atoms with E-state index in [-0.39, 0.29) is 16.7 Å². The number of nitrogens with two attached hydrogens (primary N) is 2. The number of aryl methyl sites for hydroxylation is 2. The third-order valence-corrected chi connectivity index (χ3v) is 8.31. The average Bonchev–Trinajstić information content (AvgIpc) is 3.26. The highest BCUT2D eigenvalue weighted by Crippen LogP contribution is 2.39. The first-order chi connectivity index (χ1) is 20.1. The Morgan fingerprint density at radius 2 is 1.74 bits per heavy atom. The van der Waals surface area contributed by atoms with Crippen LogP contribution in [0, 0.1) is 6.92 Å². The van der Waals surface area contributed by atoms with Crippen LogP contribution in [0.3, 0.4) is 0 Å². The van der Waals surface area contributed by atoms with Gasteiger partial charge < -0.3 is 25.3 Å². The van der Waals surface area contributed by atoms with Crippen molar-refractivity contribution in [1.82, 2.24) is 14.5 Å². The summed E-state index contributed by atoms with van der Waals surface area (Å²) in [7, 11) is -4.65. The number of aromatic nitrogens is 3. The van der Waals surface area contributed by atoms with E-state index in [0.29, 0.717) is 36.7 Å². The van der Waals surface area contributed by atoms with Gasteiger partial charge in [-0.05, 0) is 74.3 Å². The zero-order chi connectivity index (χ0) is 31.6. The minimum absolute atomic E-state index is 0.140. The Hall–Kier alpha value is -3.01. The minimum atomic E-state index is -4.65. The number of hydrogen-bond donors (Lipinski definition) is 4. The molecule has 0 unspecified atom stereocenters. The first-order valence-corrected chi connectivity index (χ1v) is 16.4. The van der Waals surface area contributed by atoms with Crippen molar-refractivity contribution in [2.45, 2.75) is 91.1 Å². The molecule has 2 aromatic carbocycles. The molecule has 4 rings (SSSR count). The fourth-order valence-corrected chi connectivity index (χ4v) is 5.67. The SMILES string of the molecule is CCCCc1nc2c(N)nc3cc(C(C)(C)CCOCCC(C)(C)N)ccc3c2n1Cc1ccc(OP(=O)(O)O)c(C)c1. The highest BCUT2D eigenvalue weighted by atomic mass is 31.2. The van der Waals surface area contributed by atoms with Gasteiger partial charge >= 0.3 is 7.82 Å². The molecule has 0 amide bonds. The van der Waals surface area contributed by atoms with Gasteiger partial charge in [0.15, 0.2) is 5.82 Å². The number of ether oxygens (including phenoxy) is 1. The van der Waals surface area contributed by atoms with Crippen LogP contribution < -0.4 is 16.0 Å². The van der Waals surface area contributed by atoms with E-state index >= 15 is 0 Å². The number of benzene rings is 2. The third-order valence-electron chi connectivity index (χ3n) is 7.88. The molecule has 0 fully saturated rings. The van der Waals surface area contributed by atoms with Crippen molar-refractivity contribution in [3.63, 3.8) is 0 Å². The summed E-state index contributed by atoms with van der Waals surface area (Å²) >= 11 is 0. The largest absolute Gasteiger partial charge is 0.524 e. The Morgan fingerprint density at radius 1 is 1.02 bits per heavy atom. The molecule has 4 aromatic rings. The van der Waals surface area contributed by atoms with E-state index in [0.717, 1.165) is 65.5 Å². The second-order valence-corrected chi connectivity index (χ2v) is 14.0. The van der Waals surface area contributed by atoms with Crippen LogP contribution in [-0.2, 0) is 27.7 Å². The van der Waals surface area contributed by atoms with E-state index < -0.39 is 7.82 Å². The number of hydrogen-bond acceptors (Lipinski definition) is 7. The number of phosphoric ester groups is 1. The van der Waals surface area contributed by atoms with Gasteiger partial charge in [-0.1, -0.05) is 51.5 Å². The van der Waals surface area contributed by atoms with E-state index in [1.165, 1.54) is 0 Å². The molecule has 6 N–H and O–H groups in total. The second kappa shape index (κ2) is 12.9. The number of fused-ring (bicyclic) bond motifs is 3. The number of nitrogen functional groups attached to an aromatic ring is 1. The van der Waals surface area contributed by atoms with Crippen molar-refractivity contribution in [2.24, 2.45) is 5.73 Å². The van der Waals surface area contributed by atoms with Crippen molar-refractivity contribution in [3.05, 3.63) is 58.9 Å². The molecule has 0 aliphatic carbocycles. The topological polar surface area (TPSA) is 159 Å². The molecule has 2 heterocycles. The lowest BCUT2D eigenvalue weighted by atomic mass is 9.81. The van der Waals surface area contributed by atoms with Crippen molar-refractivity contribution in [3.8, 4) is 5.75 Å². The van der Waals surface area contributed by atoms with Gasteiger partial charge in [0.1, 0.15) is 17.1 Å². The van der Waals surface area contributed by atoms with Gasteiger partial charge in [0.25, 0.3) is 0 Å². The molecule has 2 aromatic heterocycles. The number of rotatable bonds is 14. The summed E-state index contributed by atoms with van der Waals surface area (Å²) in [5.41, 5.74) is 17.4. The van der Waals surface area contributed by atoms with Crippen LogP contribution in [0.4, 0.5) is 5.82 Å². The van der Waals surface area contributed by atoms with Crippen LogP contribution in [-0.4, -0.2) is 43.1 Å². The van der Waals surface area contributed by atoms with Crippen LogP contribution >= 0.6 is 7.82 Å². The van der Waals surface area contributed by atoms with E-state index in [9.17, 15) is 14.4 Å². The summed E-state index contributed by atoms with van der Waals surface area (Å²) in [6, 6.07) is 11.7. The van der Waals surface area contributed by atoms with E-state index in [4.69, 9.17) is 30.7 Å². The molecule has 234 valence electrons. The van der Waals surface area contributed by atoms with Gasteiger partial charge in [0, 0.05) is 37.1 Å². The third kappa shape index (κ3) is 8.34. The van der Waals surface area contributed by atoms with Crippen molar-refractivity contribution >= 4 is 35.6 Å². The fourth-order valence-electron chi connectivity index (χ4n) is 5.21. The van der Waals surface area contributed by atoms with Crippen LogP contribution in [0.15, 0.2) is 36.4 Å². The van der Waals surface area contributed by atoms with E-state index in [1.54, 1.807) is 13.0 Å². The predicted octanol–water partition coefficient (Wildman–Crippen LogP) is 6.15. The Bertz CT molecular complexity index is 1640. The van der Waals surface area contributed by atoms with E-state index in [1.807, 2.05) is 26.0 Å². The normalized spacial score (nSPS) is 12.9. The maximum Gasteiger partial charge on any atom is 0.524 e. The summed E-state index contributed by atoms with van der Waals surface area (Å²) in [6.07, 6.45) is 4.45. The lowest BCUT2D eigenvalue weighted by molar-refractivity contribution is 0.105. The van der Waals surface area contributed by atoms with Crippen molar-refractivity contribution in [1.29, 1.82) is 0 Å². The molecule has 0 saturated heterocycles. The number of anilines is 1. The van der Waals surface area contributed by atoms with Crippen LogP contribution in [0.1, 0.15) is 82.8 Å². The summed E-state index contributed by atoms with van der Waals surface area (Å²) in [4.78, 5) is 28.2. The number of phosphoric acid groups is 1. The quantitative estimate of drug-likeness (QED) is 0.0969. The standard InChI is InChI=1S/C32H46N5O5P/c1-7-8-9-27-36-28-29(37(27)20-22-10-13-26(21(2)18-22)42-43(38,39)40)24-12-11-23(19-25(24)35-30(28)33)31(3,4)14-16-41-17-15-32(5,6)34/h10-13,18-19H,7-9,14-17,20,34H2,1-6H3,(H2,33,35)(H2,38,39,40). The Balaban J connectivity index is 1.70. The fraction of sp³-hybridized carbons (Fsp3) is 0.500.